The van der Waals surface area contributed by atoms with E-state index in [0.29, 0.717) is 31.8 Å². The molecule has 1 aromatic rings. The molecule has 27 heavy (non-hydrogen) atoms. The third-order valence-electron chi connectivity index (χ3n) is 4.77. The van der Waals surface area contributed by atoms with E-state index in [1.165, 1.54) is 4.90 Å². The van der Waals surface area contributed by atoms with Crippen LogP contribution in [0.5, 0.6) is 5.88 Å². The third-order valence-corrected chi connectivity index (χ3v) is 4.77. The van der Waals surface area contributed by atoms with Gasteiger partial charge >= 0.3 is 6.09 Å². The molecule has 1 N–H and O–H groups in total. The Bertz CT molecular complexity index is 634. The molecule has 1 saturated heterocycles. The average molecular weight is 377 g/mol. The van der Waals surface area contributed by atoms with Gasteiger partial charge in [0.2, 0.25) is 11.8 Å². The number of carbonyl (C=O) groups is 2. The van der Waals surface area contributed by atoms with Gasteiger partial charge in [0.1, 0.15) is 12.1 Å². The lowest BCUT2D eigenvalue weighted by Crippen LogP contribution is -2.60. The van der Waals surface area contributed by atoms with Gasteiger partial charge in [-0.25, -0.2) is 9.78 Å². The fourth-order valence-corrected chi connectivity index (χ4v) is 3.49. The summed E-state index contributed by atoms with van der Waals surface area (Å²) in [6, 6.07) is 4.83. The molecule has 0 spiro atoms. The number of carboxylic acid groups (broad SMARTS) is 1. The molecule has 0 radical (unpaired) electrons. The molecular weight excluding hydrogens is 346 g/mol. The van der Waals surface area contributed by atoms with E-state index in [1.54, 1.807) is 11.1 Å². The quantitative estimate of drug-likeness (QED) is 0.852. The summed E-state index contributed by atoms with van der Waals surface area (Å²) in [6.45, 7) is 10.3. The van der Waals surface area contributed by atoms with Crippen LogP contribution in [-0.2, 0) is 4.79 Å². The van der Waals surface area contributed by atoms with Crippen molar-refractivity contribution in [2.45, 2.75) is 65.1 Å². The average Bonchev–Trinajstić information content (AvgIpc) is 2.59. The van der Waals surface area contributed by atoms with Crippen molar-refractivity contribution in [2.75, 3.05) is 13.1 Å². The second kappa shape index (κ2) is 8.59. The molecule has 0 aliphatic carbocycles. The first-order chi connectivity index (χ1) is 12.6. The Balaban J connectivity index is 2.04. The number of amides is 2. The minimum absolute atomic E-state index is 0.0136. The van der Waals surface area contributed by atoms with Crippen molar-refractivity contribution in [3.05, 3.63) is 24.4 Å². The number of ether oxygens (including phenoxy) is 1. The first-order valence-electron chi connectivity index (χ1n) is 9.50. The Kier molecular flexibility index (Phi) is 6.68. The van der Waals surface area contributed by atoms with Crippen LogP contribution in [0.25, 0.3) is 0 Å². The van der Waals surface area contributed by atoms with Crippen molar-refractivity contribution >= 4 is 12.0 Å². The Labute approximate surface area is 161 Å². The highest BCUT2D eigenvalue weighted by atomic mass is 16.5. The van der Waals surface area contributed by atoms with Gasteiger partial charge in [-0.3, -0.25) is 9.69 Å². The molecule has 7 heteroatoms. The SMILES string of the molecule is CC(C)[C@@H](C(=O)N1CCC(Oc2ccccn2)CC1)N(C(=O)O)C(C)(C)C. The molecule has 150 valence electrons. The number of hydrogen-bond acceptors (Lipinski definition) is 4. The molecule has 2 heterocycles. The maximum absolute atomic E-state index is 13.2. The van der Waals surface area contributed by atoms with Crippen LogP contribution in [0.15, 0.2) is 24.4 Å². The lowest BCUT2D eigenvalue weighted by atomic mass is 9.94. The van der Waals surface area contributed by atoms with Gasteiger partial charge in [-0.1, -0.05) is 19.9 Å². The number of aromatic nitrogens is 1. The number of nitrogens with zero attached hydrogens (tertiary/aromatic N) is 3. The normalized spacial score (nSPS) is 16.9. The summed E-state index contributed by atoms with van der Waals surface area (Å²) in [4.78, 5) is 32.3. The number of hydrogen-bond donors (Lipinski definition) is 1. The van der Waals surface area contributed by atoms with E-state index in [9.17, 15) is 14.7 Å². The second-order valence-corrected chi connectivity index (χ2v) is 8.32. The summed E-state index contributed by atoms with van der Waals surface area (Å²) < 4.78 is 5.88. The number of carbonyl (C=O) groups excluding carboxylic acids is 1. The highest BCUT2D eigenvalue weighted by molar-refractivity contribution is 5.86. The van der Waals surface area contributed by atoms with Gasteiger partial charge in [0.05, 0.1) is 0 Å². The van der Waals surface area contributed by atoms with Gasteiger partial charge in [-0.15, -0.1) is 0 Å². The lowest BCUT2D eigenvalue weighted by Gasteiger charge is -2.43. The standard InChI is InChI=1S/C20H31N3O4/c1-14(2)17(23(19(25)26)20(3,4)5)18(24)22-12-9-15(10-13-22)27-16-8-6-7-11-21-16/h6-8,11,14-15,17H,9-10,12-13H2,1-5H3,(H,25,26)/t17-/m0/s1. The van der Waals surface area contributed by atoms with E-state index in [-0.39, 0.29) is 17.9 Å². The summed E-state index contributed by atoms with van der Waals surface area (Å²) in [5.41, 5.74) is -0.656. The van der Waals surface area contributed by atoms with Gasteiger partial charge < -0.3 is 14.7 Å². The minimum atomic E-state index is -1.07. The Morgan fingerprint density at radius 2 is 1.89 bits per heavy atom. The van der Waals surface area contributed by atoms with Crippen LogP contribution in [0.4, 0.5) is 4.79 Å². The molecule has 1 atom stereocenters. The zero-order chi connectivity index (χ0) is 20.2. The van der Waals surface area contributed by atoms with E-state index >= 15 is 0 Å². The van der Waals surface area contributed by atoms with Crippen LogP contribution < -0.4 is 4.74 Å². The van der Waals surface area contributed by atoms with Gasteiger partial charge in [0.15, 0.2) is 0 Å². The fraction of sp³-hybridized carbons (Fsp3) is 0.650. The smallest absolute Gasteiger partial charge is 0.408 e. The number of rotatable bonds is 5. The molecule has 1 aromatic heterocycles. The largest absolute Gasteiger partial charge is 0.474 e. The Hall–Kier alpha value is -2.31. The van der Waals surface area contributed by atoms with E-state index in [0.717, 1.165) is 0 Å². The first-order valence-corrected chi connectivity index (χ1v) is 9.50. The van der Waals surface area contributed by atoms with Crippen molar-refractivity contribution in [1.82, 2.24) is 14.8 Å². The van der Waals surface area contributed by atoms with E-state index in [2.05, 4.69) is 4.98 Å². The minimum Gasteiger partial charge on any atom is -0.474 e. The molecule has 2 amide bonds. The molecule has 0 saturated carbocycles. The first kappa shape index (κ1) is 21.0. The molecule has 2 rings (SSSR count). The van der Waals surface area contributed by atoms with Crippen molar-refractivity contribution in [2.24, 2.45) is 5.92 Å². The zero-order valence-electron chi connectivity index (χ0n) is 16.9. The number of likely N-dealkylation sites (tertiary alicyclic amines) is 1. The predicted octanol–water partition coefficient (Wildman–Crippen LogP) is 3.25. The molecular formula is C20H31N3O4. The van der Waals surface area contributed by atoms with Crippen molar-refractivity contribution < 1.29 is 19.4 Å². The molecule has 1 aliphatic heterocycles. The highest BCUT2D eigenvalue weighted by Gasteiger charge is 2.41. The number of pyridine rings is 1. The highest BCUT2D eigenvalue weighted by Crippen LogP contribution is 2.25. The zero-order valence-corrected chi connectivity index (χ0v) is 16.9. The molecule has 0 bridgehead atoms. The lowest BCUT2D eigenvalue weighted by molar-refractivity contribution is -0.142. The van der Waals surface area contributed by atoms with Crippen LogP contribution in [0.1, 0.15) is 47.5 Å². The van der Waals surface area contributed by atoms with Crippen molar-refractivity contribution in [1.29, 1.82) is 0 Å². The van der Waals surface area contributed by atoms with E-state index < -0.39 is 17.7 Å². The number of piperidine rings is 1. The van der Waals surface area contributed by atoms with Crippen LogP contribution >= 0.6 is 0 Å². The van der Waals surface area contributed by atoms with Gasteiger partial charge in [-0.05, 0) is 32.8 Å². The summed E-state index contributed by atoms with van der Waals surface area (Å²) in [5.74, 6) is 0.348. The maximum atomic E-state index is 13.2. The summed E-state index contributed by atoms with van der Waals surface area (Å²) in [6.07, 6.45) is 2.04. The molecule has 7 nitrogen and oxygen atoms in total. The Morgan fingerprint density at radius 3 is 2.33 bits per heavy atom. The van der Waals surface area contributed by atoms with Crippen LogP contribution in [-0.4, -0.2) is 62.7 Å². The van der Waals surface area contributed by atoms with Crippen molar-refractivity contribution in [3.8, 4) is 5.88 Å². The molecule has 1 aliphatic rings. The van der Waals surface area contributed by atoms with Gasteiger partial charge in [-0.2, -0.15) is 0 Å². The van der Waals surface area contributed by atoms with Crippen LogP contribution in [0, 0.1) is 5.92 Å². The third kappa shape index (κ3) is 5.34. The van der Waals surface area contributed by atoms with Crippen molar-refractivity contribution in [3.63, 3.8) is 0 Å². The van der Waals surface area contributed by atoms with E-state index in [4.69, 9.17) is 4.74 Å². The molecule has 1 fully saturated rings. The van der Waals surface area contributed by atoms with Gasteiger partial charge in [0.25, 0.3) is 0 Å². The monoisotopic (exact) mass is 377 g/mol. The summed E-state index contributed by atoms with van der Waals surface area (Å²) in [5, 5.41) is 9.71. The van der Waals surface area contributed by atoms with Crippen LogP contribution in [0.2, 0.25) is 0 Å². The predicted molar refractivity (Wildman–Crippen MR) is 103 cm³/mol. The topological polar surface area (TPSA) is 83.0 Å². The van der Waals surface area contributed by atoms with Crippen LogP contribution in [0.3, 0.4) is 0 Å². The summed E-state index contributed by atoms with van der Waals surface area (Å²) >= 11 is 0. The maximum Gasteiger partial charge on any atom is 0.408 e. The summed E-state index contributed by atoms with van der Waals surface area (Å²) in [7, 11) is 0. The van der Waals surface area contributed by atoms with E-state index in [1.807, 2.05) is 52.8 Å². The fourth-order valence-electron chi connectivity index (χ4n) is 3.49. The second-order valence-electron chi connectivity index (χ2n) is 8.32. The Morgan fingerprint density at radius 1 is 1.26 bits per heavy atom. The molecule has 0 aromatic carbocycles. The molecule has 0 unspecified atom stereocenters. The van der Waals surface area contributed by atoms with Gasteiger partial charge in [0, 0.05) is 43.7 Å².